The van der Waals surface area contributed by atoms with Gasteiger partial charge in [-0.1, -0.05) is 42.5 Å². The van der Waals surface area contributed by atoms with Gasteiger partial charge in [0.05, 0.1) is 0 Å². The first-order valence-electron chi connectivity index (χ1n) is 13.1. The molecule has 6 heteroatoms. The summed E-state index contributed by atoms with van der Waals surface area (Å²) in [5.74, 6) is 1.43. The second kappa shape index (κ2) is 12.2. The highest BCUT2D eigenvalue weighted by Crippen LogP contribution is 2.23. The van der Waals surface area contributed by atoms with Crippen LogP contribution in [0.5, 0.6) is 5.75 Å². The number of carbonyl (C=O) groups excluding carboxylic acids is 1. The molecule has 2 aromatic carbocycles. The van der Waals surface area contributed by atoms with Gasteiger partial charge in [-0.25, -0.2) is 0 Å². The van der Waals surface area contributed by atoms with Crippen molar-refractivity contribution in [1.82, 2.24) is 19.7 Å². The minimum atomic E-state index is 0.170. The van der Waals surface area contributed by atoms with E-state index in [4.69, 9.17) is 4.74 Å². The van der Waals surface area contributed by atoms with Crippen LogP contribution in [0.25, 0.3) is 0 Å². The SMILES string of the molecule is O=C(C1CCN(Cc2ccncc2)CC1)N1CCN(Cc2cccc(OCc3ccccc3)c2)CC1. The number of hydrogen-bond acceptors (Lipinski definition) is 5. The Labute approximate surface area is 214 Å². The lowest BCUT2D eigenvalue weighted by atomic mass is 9.94. The Morgan fingerprint density at radius 1 is 0.750 bits per heavy atom. The van der Waals surface area contributed by atoms with Crippen LogP contribution in [0, 0.1) is 5.92 Å². The molecule has 2 fully saturated rings. The monoisotopic (exact) mass is 484 g/mol. The second-order valence-corrected chi connectivity index (χ2v) is 9.93. The van der Waals surface area contributed by atoms with Gasteiger partial charge in [-0.15, -0.1) is 0 Å². The molecule has 0 radical (unpaired) electrons. The molecule has 0 N–H and O–H groups in total. The lowest BCUT2D eigenvalue weighted by molar-refractivity contribution is -0.139. The zero-order chi connectivity index (χ0) is 24.6. The minimum absolute atomic E-state index is 0.170. The molecule has 2 aliphatic heterocycles. The highest BCUT2D eigenvalue weighted by Gasteiger charge is 2.30. The van der Waals surface area contributed by atoms with Crippen molar-refractivity contribution in [1.29, 1.82) is 0 Å². The number of benzene rings is 2. The van der Waals surface area contributed by atoms with Gasteiger partial charge in [-0.05, 0) is 66.9 Å². The summed E-state index contributed by atoms with van der Waals surface area (Å²) in [5.41, 5.74) is 3.71. The van der Waals surface area contributed by atoms with E-state index in [2.05, 4.69) is 62.1 Å². The van der Waals surface area contributed by atoms with Gasteiger partial charge >= 0.3 is 0 Å². The fraction of sp³-hybridized carbons (Fsp3) is 0.400. The molecule has 0 spiro atoms. The van der Waals surface area contributed by atoms with E-state index < -0.39 is 0 Å². The predicted molar refractivity (Wildman–Crippen MR) is 141 cm³/mol. The number of ether oxygens (including phenoxy) is 1. The molecule has 5 rings (SSSR count). The summed E-state index contributed by atoms with van der Waals surface area (Å²) in [4.78, 5) is 24.3. The van der Waals surface area contributed by atoms with Crippen LogP contribution in [0.1, 0.15) is 29.5 Å². The topological polar surface area (TPSA) is 48.9 Å². The van der Waals surface area contributed by atoms with Gasteiger partial charge in [0.2, 0.25) is 5.91 Å². The van der Waals surface area contributed by atoms with E-state index in [0.29, 0.717) is 12.5 Å². The van der Waals surface area contributed by atoms with Crippen LogP contribution >= 0.6 is 0 Å². The van der Waals surface area contributed by atoms with Crippen LogP contribution in [0.15, 0.2) is 79.1 Å². The molecule has 3 heterocycles. The Hall–Kier alpha value is -3.22. The van der Waals surface area contributed by atoms with Gasteiger partial charge in [-0.3, -0.25) is 19.6 Å². The quantitative estimate of drug-likeness (QED) is 0.479. The molecule has 0 bridgehead atoms. The number of hydrogen-bond donors (Lipinski definition) is 0. The number of piperidine rings is 1. The van der Waals surface area contributed by atoms with Crippen molar-refractivity contribution in [2.75, 3.05) is 39.3 Å². The number of likely N-dealkylation sites (tertiary alicyclic amines) is 1. The summed E-state index contributed by atoms with van der Waals surface area (Å²) in [6, 6.07) is 22.8. The summed E-state index contributed by atoms with van der Waals surface area (Å²) in [6.45, 7) is 7.86. The van der Waals surface area contributed by atoms with E-state index in [1.807, 2.05) is 36.7 Å². The average Bonchev–Trinajstić information content (AvgIpc) is 2.94. The molecule has 6 nitrogen and oxygen atoms in total. The van der Waals surface area contributed by atoms with Gasteiger partial charge < -0.3 is 9.64 Å². The normalized spacial score (nSPS) is 17.7. The molecule has 0 unspecified atom stereocenters. The van der Waals surface area contributed by atoms with Crippen molar-refractivity contribution in [3.63, 3.8) is 0 Å². The van der Waals surface area contributed by atoms with E-state index in [1.54, 1.807) is 0 Å². The zero-order valence-electron chi connectivity index (χ0n) is 21.0. The third-order valence-electron chi connectivity index (χ3n) is 7.33. The highest BCUT2D eigenvalue weighted by atomic mass is 16.5. The Morgan fingerprint density at radius 2 is 1.42 bits per heavy atom. The first-order chi connectivity index (χ1) is 17.7. The largest absolute Gasteiger partial charge is 0.489 e. The van der Waals surface area contributed by atoms with E-state index in [1.165, 1.54) is 16.7 Å². The number of piperazine rings is 1. The van der Waals surface area contributed by atoms with Crippen LogP contribution in [-0.2, 0) is 24.5 Å². The zero-order valence-corrected chi connectivity index (χ0v) is 21.0. The summed E-state index contributed by atoms with van der Waals surface area (Å²) in [7, 11) is 0. The van der Waals surface area contributed by atoms with E-state index in [9.17, 15) is 4.79 Å². The number of nitrogens with zero attached hydrogens (tertiary/aromatic N) is 4. The minimum Gasteiger partial charge on any atom is -0.489 e. The molecule has 188 valence electrons. The molecule has 3 aromatic rings. The van der Waals surface area contributed by atoms with Gasteiger partial charge in [0.1, 0.15) is 12.4 Å². The number of amides is 1. The van der Waals surface area contributed by atoms with Crippen LogP contribution in [0.3, 0.4) is 0 Å². The maximum atomic E-state index is 13.2. The number of carbonyl (C=O) groups is 1. The maximum absolute atomic E-state index is 13.2. The summed E-state index contributed by atoms with van der Waals surface area (Å²) >= 11 is 0. The third-order valence-corrected chi connectivity index (χ3v) is 7.33. The number of aromatic nitrogens is 1. The average molecular weight is 485 g/mol. The Kier molecular flexibility index (Phi) is 8.26. The molecule has 0 aliphatic carbocycles. The maximum Gasteiger partial charge on any atom is 0.225 e. The van der Waals surface area contributed by atoms with Crippen molar-refractivity contribution < 1.29 is 9.53 Å². The van der Waals surface area contributed by atoms with Crippen LogP contribution < -0.4 is 4.74 Å². The predicted octanol–water partition coefficient (Wildman–Crippen LogP) is 4.22. The smallest absolute Gasteiger partial charge is 0.225 e. The van der Waals surface area contributed by atoms with Gasteiger partial charge in [0, 0.05) is 57.6 Å². The molecule has 2 saturated heterocycles. The van der Waals surface area contributed by atoms with Gasteiger partial charge in [-0.2, -0.15) is 0 Å². The van der Waals surface area contributed by atoms with Crippen LogP contribution in [0.4, 0.5) is 0 Å². The van der Waals surface area contributed by atoms with Crippen molar-refractivity contribution >= 4 is 5.91 Å². The molecule has 1 aromatic heterocycles. The van der Waals surface area contributed by atoms with Crippen molar-refractivity contribution in [2.45, 2.75) is 32.5 Å². The van der Waals surface area contributed by atoms with Gasteiger partial charge in [0.25, 0.3) is 0 Å². The summed E-state index contributed by atoms with van der Waals surface area (Å²) < 4.78 is 6.00. The Balaban J connectivity index is 1.04. The van der Waals surface area contributed by atoms with E-state index in [0.717, 1.165) is 70.9 Å². The molecular weight excluding hydrogens is 448 g/mol. The van der Waals surface area contributed by atoms with E-state index in [-0.39, 0.29) is 5.92 Å². The summed E-state index contributed by atoms with van der Waals surface area (Å²) in [5, 5.41) is 0. The first kappa shape index (κ1) is 24.5. The number of pyridine rings is 1. The summed E-state index contributed by atoms with van der Waals surface area (Å²) in [6.07, 6.45) is 5.61. The molecule has 36 heavy (non-hydrogen) atoms. The lowest BCUT2D eigenvalue weighted by Crippen LogP contribution is -2.51. The standard InChI is InChI=1S/C30H36N4O2/c35-30(28-11-15-32(16-12-28)22-25-9-13-31-14-10-25)34-19-17-33(18-20-34)23-27-7-4-8-29(21-27)36-24-26-5-2-1-3-6-26/h1-10,13-14,21,28H,11-12,15-20,22-24H2. The lowest BCUT2D eigenvalue weighted by Gasteiger charge is -2.38. The van der Waals surface area contributed by atoms with Crippen LogP contribution in [-0.4, -0.2) is 64.9 Å². The first-order valence-corrected chi connectivity index (χ1v) is 13.1. The molecule has 0 saturated carbocycles. The molecular formula is C30H36N4O2. The van der Waals surface area contributed by atoms with Crippen molar-refractivity contribution in [3.05, 3.63) is 95.8 Å². The highest BCUT2D eigenvalue weighted by molar-refractivity contribution is 5.79. The third kappa shape index (κ3) is 6.71. The molecule has 2 aliphatic rings. The second-order valence-electron chi connectivity index (χ2n) is 9.93. The Morgan fingerprint density at radius 3 is 2.17 bits per heavy atom. The fourth-order valence-corrected chi connectivity index (χ4v) is 5.20. The Bertz CT molecular complexity index is 1090. The van der Waals surface area contributed by atoms with Crippen LogP contribution in [0.2, 0.25) is 0 Å². The van der Waals surface area contributed by atoms with Crippen molar-refractivity contribution in [2.24, 2.45) is 5.92 Å². The van der Waals surface area contributed by atoms with E-state index >= 15 is 0 Å². The fourth-order valence-electron chi connectivity index (χ4n) is 5.20. The van der Waals surface area contributed by atoms with Gasteiger partial charge in [0.15, 0.2) is 0 Å². The molecule has 1 amide bonds. The number of rotatable bonds is 8. The molecule has 0 atom stereocenters. The van der Waals surface area contributed by atoms with Crippen molar-refractivity contribution in [3.8, 4) is 5.75 Å².